The molecule has 0 saturated carbocycles. The van der Waals surface area contributed by atoms with Crippen molar-refractivity contribution < 1.29 is 20.1 Å². The highest BCUT2D eigenvalue weighted by atomic mass is 16.4. The second kappa shape index (κ2) is 10.9. The molecule has 2 unspecified atom stereocenters. The van der Waals surface area contributed by atoms with Gasteiger partial charge in [-0.25, -0.2) is 4.79 Å². The zero-order chi connectivity index (χ0) is 24.8. The molecule has 0 aliphatic carbocycles. The van der Waals surface area contributed by atoms with Crippen LogP contribution in [0.2, 0.25) is 0 Å². The van der Waals surface area contributed by atoms with Crippen LogP contribution in [0.25, 0.3) is 10.9 Å². The third-order valence-corrected chi connectivity index (χ3v) is 5.88. The molecule has 4 rings (SSSR count). The molecule has 0 aliphatic rings. The topological polar surface area (TPSA) is 135 Å². The van der Waals surface area contributed by atoms with Gasteiger partial charge in [0.05, 0.1) is 17.7 Å². The summed E-state index contributed by atoms with van der Waals surface area (Å²) < 4.78 is 0. The van der Waals surface area contributed by atoms with Gasteiger partial charge in [0.25, 0.3) is 0 Å². The Morgan fingerprint density at radius 3 is 2.49 bits per heavy atom. The number of pyridine rings is 1. The normalized spacial score (nSPS) is 12.8. The van der Waals surface area contributed by atoms with E-state index < -0.39 is 18.2 Å². The lowest BCUT2D eigenvalue weighted by Gasteiger charge is -2.19. The Hall–Kier alpha value is -4.14. The van der Waals surface area contributed by atoms with Gasteiger partial charge in [-0.05, 0) is 47.4 Å². The van der Waals surface area contributed by atoms with Crippen LogP contribution in [0, 0.1) is 0 Å². The summed E-state index contributed by atoms with van der Waals surface area (Å²) in [5, 5.41) is 36.5. The van der Waals surface area contributed by atoms with E-state index in [0.29, 0.717) is 29.4 Å². The van der Waals surface area contributed by atoms with E-state index in [1.54, 1.807) is 12.1 Å². The molecule has 6 N–H and O–H groups in total. The Bertz CT molecular complexity index is 1370. The first-order valence-corrected chi connectivity index (χ1v) is 11.3. The number of hydrogen-bond acceptors (Lipinski definition) is 5. The predicted molar refractivity (Wildman–Crippen MR) is 134 cm³/mol. The summed E-state index contributed by atoms with van der Waals surface area (Å²) in [7, 11) is 0. The molecule has 180 valence electrons. The van der Waals surface area contributed by atoms with Crippen molar-refractivity contribution in [1.82, 2.24) is 15.6 Å². The van der Waals surface area contributed by atoms with Crippen LogP contribution in [-0.4, -0.2) is 39.5 Å². The van der Waals surface area contributed by atoms with E-state index in [0.717, 1.165) is 16.7 Å². The zero-order valence-electron chi connectivity index (χ0n) is 18.9. The molecular weight excluding hydrogens is 446 g/mol. The van der Waals surface area contributed by atoms with E-state index in [9.17, 15) is 24.9 Å². The van der Waals surface area contributed by atoms with Gasteiger partial charge in [-0.15, -0.1) is 0 Å². The van der Waals surface area contributed by atoms with Crippen molar-refractivity contribution in [2.24, 2.45) is 0 Å². The molecule has 4 aromatic rings. The molecule has 0 bridgehead atoms. The first-order valence-electron chi connectivity index (χ1n) is 11.3. The Balaban J connectivity index is 1.40. The van der Waals surface area contributed by atoms with Gasteiger partial charge < -0.3 is 30.9 Å². The van der Waals surface area contributed by atoms with Crippen LogP contribution in [0.1, 0.15) is 34.4 Å². The first kappa shape index (κ1) is 24.0. The number of fused-ring (bicyclic) bond motifs is 1. The lowest BCUT2D eigenvalue weighted by atomic mass is 9.96. The molecule has 8 heteroatoms. The average molecular weight is 474 g/mol. The van der Waals surface area contributed by atoms with Crippen LogP contribution in [0.4, 0.5) is 4.79 Å². The van der Waals surface area contributed by atoms with Gasteiger partial charge in [-0.1, -0.05) is 60.7 Å². The number of rotatable bonds is 9. The molecule has 1 amide bonds. The molecule has 8 nitrogen and oxygen atoms in total. The number of phenolic OH excluding ortho intramolecular Hbond substituents is 1. The quantitative estimate of drug-likeness (QED) is 0.206. The minimum Gasteiger partial charge on any atom is -0.506 e. The maximum atomic E-state index is 11.6. The molecule has 0 aliphatic heterocycles. The largest absolute Gasteiger partial charge is 0.506 e. The lowest BCUT2D eigenvalue weighted by molar-refractivity contribution is 0.176. The van der Waals surface area contributed by atoms with E-state index in [1.807, 2.05) is 54.6 Å². The van der Waals surface area contributed by atoms with Crippen molar-refractivity contribution in [3.05, 3.63) is 111 Å². The van der Waals surface area contributed by atoms with Gasteiger partial charge in [-0.3, -0.25) is 4.79 Å². The maximum absolute atomic E-state index is 11.6. The summed E-state index contributed by atoms with van der Waals surface area (Å²) in [4.78, 5) is 25.6. The van der Waals surface area contributed by atoms with E-state index in [1.165, 1.54) is 12.1 Å². The van der Waals surface area contributed by atoms with Crippen molar-refractivity contribution in [3.8, 4) is 5.75 Å². The van der Waals surface area contributed by atoms with Crippen LogP contribution in [0.15, 0.2) is 83.7 Å². The van der Waals surface area contributed by atoms with Crippen LogP contribution < -0.4 is 16.2 Å². The summed E-state index contributed by atoms with van der Waals surface area (Å²) in [5.41, 5.74) is 3.32. The number of benzene rings is 3. The van der Waals surface area contributed by atoms with Crippen LogP contribution in [-0.2, 0) is 6.42 Å². The fourth-order valence-corrected chi connectivity index (χ4v) is 4.19. The monoisotopic (exact) mass is 473 g/mol. The summed E-state index contributed by atoms with van der Waals surface area (Å²) in [6.45, 7) is 0.877. The van der Waals surface area contributed by atoms with Crippen molar-refractivity contribution in [3.63, 3.8) is 0 Å². The van der Waals surface area contributed by atoms with Gasteiger partial charge in [0.2, 0.25) is 5.56 Å². The van der Waals surface area contributed by atoms with E-state index >= 15 is 0 Å². The number of carbonyl (C=O) groups is 1. The smallest absolute Gasteiger partial charge is 0.405 e. The van der Waals surface area contributed by atoms with Gasteiger partial charge >= 0.3 is 6.09 Å². The molecule has 1 aromatic heterocycles. The van der Waals surface area contributed by atoms with Crippen molar-refractivity contribution >= 4 is 17.0 Å². The summed E-state index contributed by atoms with van der Waals surface area (Å²) in [6, 6.07) is 22.8. The molecule has 2 atom stereocenters. The fourth-order valence-electron chi connectivity index (χ4n) is 4.19. The Morgan fingerprint density at radius 2 is 1.71 bits per heavy atom. The maximum Gasteiger partial charge on any atom is 0.405 e. The molecular formula is C27H27N3O5. The first-order chi connectivity index (χ1) is 16.9. The Kier molecular flexibility index (Phi) is 7.45. The average Bonchev–Trinajstić information content (AvgIpc) is 2.86. The number of H-pyrrole nitrogens is 1. The fraction of sp³-hybridized carbons (Fsp3) is 0.185. The molecule has 0 fully saturated rings. The number of aliphatic hydroxyl groups excluding tert-OH is 1. The van der Waals surface area contributed by atoms with Crippen molar-refractivity contribution in [1.29, 1.82) is 0 Å². The minimum absolute atomic E-state index is 0.0484. The molecule has 0 radical (unpaired) electrons. The summed E-state index contributed by atoms with van der Waals surface area (Å²) >= 11 is 0. The van der Waals surface area contributed by atoms with E-state index in [4.69, 9.17) is 0 Å². The number of phenols is 1. The standard InChI is InChI=1S/C27H27N3O5/c31-22-11-9-20(21-10-12-24(33)29-26(21)22)23(32)16-28-14-13-17-5-4-8-19(15-17)25(30-27(34)35)18-6-2-1-3-7-18/h1-12,15,23,25,28,30-32H,13-14,16H2,(H,29,33)(H,34,35). The number of amides is 1. The molecule has 3 aromatic carbocycles. The highest BCUT2D eigenvalue weighted by Crippen LogP contribution is 2.28. The number of hydrogen-bond donors (Lipinski definition) is 6. The molecule has 0 spiro atoms. The van der Waals surface area contributed by atoms with Crippen LogP contribution >= 0.6 is 0 Å². The van der Waals surface area contributed by atoms with E-state index in [-0.39, 0.29) is 17.9 Å². The second-order valence-corrected chi connectivity index (χ2v) is 8.29. The van der Waals surface area contributed by atoms with E-state index in [2.05, 4.69) is 15.6 Å². The Labute approximate surface area is 201 Å². The van der Waals surface area contributed by atoms with Gasteiger partial charge in [0.15, 0.2) is 0 Å². The van der Waals surface area contributed by atoms with Gasteiger partial charge in [-0.2, -0.15) is 0 Å². The third-order valence-electron chi connectivity index (χ3n) is 5.88. The number of nitrogens with one attached hydrogen (secondary N) is 3. The number of aromatic amines is 1. The number of aromatic nitrogens is 1. The summed E-state index contributed by atoms with van der Waals surface area (Å²) in [6.07, 6.45) is -1.25. The molecule has 1 heterocycles. The Morgan fingerprint density at radius 1 is 0.943 bits per heavy atom. The van der Waals surface area contributed by atoms with Gasteiger partial charge in [0, 0.05) is 18.0 Å². The van der Waals surface area contributed by atoms with Crippen molar-refractivity contribution in [2.75, 3.05) is 13.1 Å². The number of aliphatic hydroxyl groups is 1. The SMILES string of the molecule is O=C(O)NC(c1ccccc1)c1cccc(CCNCC(O)c2ccc(O)c3[nH]c(=O)ccc23)c1. The van der Waals surface area contributed by atoms with Gasteiger partial charge in [0.1, 0.15) is 5.75 Å². The third kappa shape index (κ3) is 5.87. The highest BCUT2D eigenvalue weighted by molar-refractivity contribution is 5.87. The highest BCUT2D eigenvalue weighted by Gasteiger charge is 2.17. The van der Waals surface area contributed by atoms with Crippen LogP contribution in [0.3, 0.4) is 0 Å². The molecule has 0 saturated heterocycles. The lowest BCUT2D eigenvalue weighted by Crippen LogP contribution is -2.27. The zero-order valence-corrected chi connectivity index (χ0v) is 18.9. The number of aromatic hydroxyl groups is 1. The minimum atomic E-state index is -1.09. The van der Waals surface area contributed by atoms with Crippen LogP contribution in [0.5, 0.6) is 5.75 Å². The molecule has 35 heavy (non-hydrogen) atoms. The number of carboxylic acid groups (broad SMARTS) is 1. The summed E-state index contributed by atoms with van der Waals surface area (Å²) in [5.74, 6) is -0.0484. The second-order valence-electron chi connectivity index (χ2n) is 8.29. The predicted octanol–water partition coefficient (Wildman–Crippen LogP) is 3.46. The van der Waals surface area contributed by atoms with Crippen molar-refractivity contribution in [2.45, 2.75) is 18.6 Å².